The summed E-state index contributed by atoms with van der Waals surface area (Å²) in [4.78, 5) is 25.1. The second kappa shape index (κ2) is 9.80. The Kier molecular flexibility index (Phi) is 6.83. The lowest BCUT2D eigenvalue weighted by atomic mass is 9.92. The number of carbonyl (C=O) groups is 1. The zero-order valence-electron chi connectivity index (χ0n) is 20.2. The predicted molar refractivity (Wildman–Crippen MR) is 129 cm³/mol. The van der Waals surface area contributed by atoms with Crippen molar-refractivity contribution in [1.82, 2.24) is 20.0 Å². The van der Waals surface area contributed by atoms with Crippen LogP contribution in [0.4, 0.5) is 11.7 Å². The van der Waals surface area contributed by atoms with Crippen LogP contribution in [0.3, 0.4) is 0 Å². The molecule has 1 fully saturated rings. The summed E-state index contributed by atoms with van der Waals surface area (Å²) in [7, 11) is 2.12. The van der Waals surface area contributed by atoms with Gasteiger partial charge in [-0.3, -0.25) is 9.69 Å². The molecule has 180 valence electrons. The fourth-order valence-corrected chi connectivity index (χ4v) is 3.88. The Balaban J connectivity index is 1.64. The molecule has 0 bridgehead atoms. The second-order valence-corrected chi connectivity index (χ2v) is 9.75. The predicted octanol–water partition coefficient (Wildman–Crippen LogP) is 3.67. The molecule has 9 nitrogen and oxygen atoms in total. The highest BCUT2D eigenvalue weighted by Crippen LogP contribution is 2.32. The number of hydrogen-bond donors (Lipinski definition) is 1. The summed E-state index contributed by atoms with van der Waals surface area (Å²) in [6, 6.07) is 9.03. The average Bonchev–Trinajstić information content (AvgIpc) is 3.30. The van der Waals surface area contributed by atoms with Crippen LogP contribution in [0.15, 0.2) is 47.2 Å². The Morgan fingerprint density at radius 1 is 1.21 bits per heavy atom. The lowest BCUT2D eigenvalue weighted by Crippen LogP contribution is -2.35. The van der Waals surface area contributed by atoms with Gasteiger partial charge in [-0.1, -0.05) is 25.9 Å². The molecule has 0 atom stereocenters. The first-order valence-corrected chi connectivity index (χ1v) is 11.5. The standard InChI is InChI=1S/C25H32N6O3/c1-25(2,3)20-15-22(34-29-20)31(24-19(23(26)32)6-5-10-28-24)16-17-7-11-27-21(14-17)33-18-8-12-30(4)13-9-18/h5-7,10-11,14-15,18H,8-9,12-13,16H2,1-4H3,(H2,26,32). The van der Waals surface area contributed by atoms with Crippen molar-refractivity contribution in [3.8, 4) is 5.88 Å². The van der Waals surface area contributed by atoms with Crippen molar-refractivity contribution in [3.63, 3.8) is 0 Å². The first-order valence-electron chi connectivity index (χ1n) is 11.5. The van der Waals surface area contributed by atoms with E-state index in [9.17, 15) is 4.79 Å². The Morgan fingerprint density at radius 3 is 2.65 bits per heavy atom. The third-order valence-corrected chi connectivity index (χ3v) is 5.93. The third-order valence-electron chi connectivity index (χ3n) is 5.93. The summed E-state index contributed by atoms with van der Waals surface area (Å²) in [6.45, 7) is 8.56. The summed E-state index contributed by atoms with van der Waals surface area (Å²) >= 11 is 0. The number of likely N-dealkylation sites (tertiary alicyclic amines) is 1. The third kappa shape index (κ3) is 5.53. The van der Waals surface area contributed by atoms with Crippen molar-refractivity contribution in [2.24, 2.45) is 5.73 Å². The van der Waals surface area contributed by atoms with E-state index in [2.05, 4.69) is 47.8 Å². The molecule has 0 aromatic carbocycles. The van der Waals surface area contributed by atoms with Gasteiger partial charge in [0.15, 0.2) is 0 Å². The average molecular weight is 465 g/mol. The first-order chi connectivity index (χ1) is 16.2. The summed E-state index contributed by atoms with van der Waals surface area (Å²) < 4.78 is 11.9. The van der Waals surface area contributed by atoms with Gasteiger partial charge in [0, 0.05) is 43.0 Å². The number of carbonyl (C=O) groups excluding carboxylic acids is 1. The molecule has 0 unspecified atom stereocenters. The fourth-order valence-electron chi connectivity index (χ4n) is 3.88. The summed E-state index contributed by atoms with van der Waals surface area (Å²) in [5.74, 6) is 0.891. The SMILES string of the molecule is CN1CCC(Oc2cc(CN(c3cc(C(C)(C)C)no3)c3ncccc3C(N)=O)ccn2)CC1. The van der Waals surface area contributed by atoms with Crippen LogP contribution in [0.25, 0.3) is 0 Å². The van der Waals surface area contributed by atoms with Gasteiger partial charge in [-0.05, 0) is 43.7 Å². The minimum Gasteiger partial charge on any atom is -0.474 e. The van der Waals surface area contributed by atoms with Crippen LogP contribution in [0.2, 0.25) is 0 Å². The Morgan fingerprint density at radius 2 is 1.97 bits per heavy atom. The minimum atomic E-state index is -0.565. The van der Waals surface area contributed by atoms with Gasteiger partial charge < -0.3 is 19.9 Å². The van der Waals surface area contributed by atoms with Gasteiger partial charge in [-0.2, -0.15) is 0 Å². The number of aromatic nitrogens is 3. The zero-order chi connectivity index (χ0) is 24.3. The lowest BCUT2D eigenvalue weighted by molar-refractivity contribution is 0.100. The smallest absolute Gasteiger partial charge is 0.252 e. The number of hydrogen-bond acceptors (Lipinski definition) is 8. The van der Waals surface area contributed by atoms with Crippen LogP contribution in [0, 0.1) is 0 Å². The van der Waals surface area contributed by atoms with Crippen molar-refractivity contribution in [2.75, 3.05) is 25.0 Å². The first kappa shape index (κ1) is 23.7. The Labute approximate surface area is 199 Å². The normalized spacial score (nSPS) is 15.3. The zero-order valence-corrected chi connectivity index (χ0v) is 20.2. The van der Waals surface area contributed by atoms with E-state index < -0.39 is 5.91 Å². The molecule has 9 heteroatoms. The molecule has 3 aromatic heterocycles. The van der Waals surface area contributed by atoms with Gasteiger partial charge in [0.05, 0.1) is 17.8 Å². The van der Waals surface area contributed by atoms with Crippen LogP contribution >= 0.6 is 0 Å². The van der Waals surface area contributed by atoms with Crippen molar-refractivity contribution in [2.45, 2.75) is 51.7 Å². The highest BCUT2D eigenvalue weighted by atomic mass is 16.5. The quantitative estimate of drug-likeness (QED) is 0.564. The molecule has 3 aromatic rings. The molecular formula is C25H32N6O3. The second-order valence-electron chi connectivity index (χ2n) is 9.75. The van der Waals surface area contributed by atoms with E-state index in [0.717, 1.165) is 37.2 Å². The molecule has 34 heavy (non-hydrogen) atoms. The van der Waals surface area contributed by atoms with E-state index in [1.54, 1.807) is 29.4 Å². The largest absolute Gasteiger partial charge is 0.474 e. The molecule has 4 heterocycles. The summed E-state index contributed by atoms with van der Waals surface area (Å²) in [5.41, 5.74) is 7.47. The maximum Gasteiger partial charge on any atom is 0.252 e. The summed E-state index contributed by atoms with van der Waals surface area (Å²) in [5, 5.41) is 4.25. The van der Waals surface area contributed by atoms with Gasteiger partial charge in [-0.25, -0.2) is 9.97 Å². The van der Waals surface area contributed by atoms with Crippen LogP contribution in [-0.4, -0.2) is 52.2 Å². The van der Waals surface area contributed by atoms with Gasteiger partial charge in [-0.15, -0.1) is 0 Å². The van der Waals surface area contributed by atoms with Crippen molar-refractivity contribution in [3.05, 3.63) is 59.5 Å². The number of rotatable bonds is 7. The number of amides is 1. The van der Waals surface area contributed by atoms with E-state index in [4.69, 9.17) is 15.0 Å². The Hall–Kier alpha value is -3.46. The van der Waals surface area contributed by atoms with Crippen LogP contribution < -0.4 is 15.4 Å². The molecule has 0 aliphatic carbocycles. The van der Waals surface area contributed by atoms with E-state index in [1.807, 2.05) is 18.2 Å². The van der Waals surface area contributed by atoms with Crippen LogP contribution in [-0.2, 0) is 12.0 Å². The summed E-state index contributed by atoms with van der Waals surface area (Å²) in [6.07, 6.45) is 5.44. The maximum absolute atomic E-state index is 12.1. The molecule has 4 rings (SSSR count). The maximum atomic E-state index is 12.1. The molecule has 2 N–H and O–H groups in total. The monoisotopic (exact) mass is 464 g/mol. The molecule has 0 saturated carbocycles. The van der Waals surface area contributed by atoms with Crippen molar-refractivity contribution in [1.29, 1.82) is 0 Å². The molecule has 0 spiro atoms. The van der Waals surface area contributed by atoms with Crippen molar-refractivity contribution < 1.29 is 14.1 Å². The molecule has 1 amide bonds. The van der Waals surface area contributed by atoms with Gasteiger partial charge in [0.25, 0.3) is 5.91 Å². The number of ether oxygens (including phenoxy) is 1. The number of nitrogens with two attached hydrogens (primary N) is 1. The van der Waals surface area contributed by atoms with Gasteiger partial charge in [0.2, 0.25) is 11.8 Å². The molecule has 1 aliphatic heterocycles. The number of piperidine rings is 1. The molecular weight excluding hydrogens is 432 g/mol. The molecule has 1 aliphatic rings. The topological polar surface area (TPSA) is 111 Å². The highest BCUT2D eigenvalue weighted by molar-refractivity contribution is 5.98. The number of nitrogens with zero attached hydrogens (tertiary/aromatic N) is 5. The number of anilines is 2. The molecule has 0 radical (unpaired) electrons. The van der Waals surface area contributed by atoms with E-state index in [-0.39, 0.29) is 11.5 Å². The number of primary amides is 1. The number of pyridine rings is 2. The van der Waals surface area contributed by atoms with Crippen molar-refractivity contribution >= 4 is 17.6 Å². The van der Waals surface area contributed by atoms with Crippen LogP contribution in [0.5, 0.6) is 5.88 Å². The Bertz CT molecular complexity index is 1130. The van der Waals surface area contributed by atoms with E-state index >= 15 is 0 Å². The lowest BCUT2D eigenvalue weighted by Gasteiger charge is -2.29. The molecule has 1 saturated heterocycles. The van der Waals surface area contributed by atoms with E-state index in [0.29, 0.717) is 29.7 Å². The fraction of sp³-hybridized carbons (Fsp3) is 0.440. The highest BCUT2D eigenvalue weighted by Gasteiger charge is 2.26. The van der Waals surface area contributed by atoms with E-state index in [1.165, 1.54) is 0 Å². The van der Waals surface area contributed by atoms with Crippen LogP contribution in [0.1, 0.15) is 55.2 Å². The minimum absolute atomic E-state index is 0.149. The van der Waals surface area contributed by atoms with Gasteiger partial charge >= 0.3 is 0 Å². The van der Waals surface area contributed by atoms with Gasteiger partial charge in [0.1, 0.15) is 11.9 Å².